The zero-order valence-electron chi connectivity index (χ0n) is 8.30. The van der Waals surface area contributed by atoms with E-state index < -0.39 is 0 Å². The summed E-state index contributed by atoms with van der Waals surface area (Å²) in [5, 5.41) is 0.925. The number of halogens is 3. The molecule has 2 rings (SSSR count). The average molecular weight is 280 g/mol. The first-order valence-electron chi connectivity index (χ1n) is 4.94. The quantitative estimate of drug-likeness (QED) is 0.594. The van der Waals surface area contributed by atoms with Crippen LogP contribution >= 0.6 is 34.8 Å². The predicted molar refractivity (Wildman–Crippen MR) is 64.4 cm³/mol. The SMILES string of the molecule is O=C(Oc1c(Cl)cc(Cl)cc1Cl)C1CCC1. The molecule has 0 saturated heterocycles. The third kappa shape index (κ3) is 2.45. The second-order valence-corrected chi connectivity index (χ2v) is 5.00. The number of carbonyl (C=O) groups excluding carboxylic acids is 1. The van der Waals surface area contributed by atoms with E-state index in [0.29, 0.717) is 5.02 Å². The molecule has 0 atom stereocenters. The van der Waals surface area contributed by atoms with E-state index in [1.165, 1.54) is 12.1 Å². The van der Waals surface area contributed by atoms with Crippen LogP contribution in [0.5, 0.6) is 5.75 Å². The number of ether oxygens (including phenoxy) is 1. The summed E-state index contributed by atoms with van der Waals surface area (Å²) in [7, 11) is 0. The largest absolute Gasteiger partial charge is 0.423 e. The summed E-state index contributed by atoms with van der Waals surface area (Å²) < 4.78 is 5.17. The van der Waals surface area contributed by atoms with Gasteiger partial charge in [-0.1, -0.05) is 41.2 Å². The minimum absolute atomic E-state index is 0.0113. The fourth-order valence-corrected chi connectivity index (χ4v) is 2.35. The van der Waals surface area contributed by atoms with Crippen molar-refractivity contribution in [3.05, 3.63) is 27.2 Å². The molecule has 0 unspecified atom stereocenters. The van der Waals surface area contributed by atoms with Gasteiger partial charge in [0, 0.05) is 5.02 Å². The summed E-state index contributed by atoms with van der Waals surface area (Å²) in [4.78, 5) is 11.6. The van der Waals surface area contributed by atoms with Crippen molar-refractivity contribution in [2.24, 2.45) is 5.92 Å². The fraction of sp³-hybridized carbons (Fsp3) is 0.364. The van der Waals surface area contributed by atoms with E-state index in [1.807, 2.05) is 0 Å². The summed E-state index contributed by atoms with van der Waals surface area (Å²) in [6, 6.07) is 3.00. The van der Waals surface area contributed by atoms with Crippen LogP contribution in [0.25, 0.3) is 0 Å². The number of carbonyl (C=O) groups is 1. The van der Waals surface area contributed by atoms with Gasteiger partial charge in [0.1, 0.15) is 0 Å². The average Bonchev–Trinajstić information content (AvgIpc) is 2.08. The van der Waals surface area contributed by atoms with Gasteiger partial charge in [0.05, 0.1) is 16.0 Å². The first-order chi connectivity index (χ1) is 7.58. The molecule has 0 N–H and O–H groups in total. The standard InChI is InChI=1S/C11H9Cl3O2/c12-7-4-8(13)10(9(14)5-7)16-11(15)6-2-1-3-6/h4-6H,1-3H2. The van der Waals surface area contributed by atoms with Gasteiger partial charge in [-0.25, -0.2) is 0 Å². The van der Waals surface area contributed by atoms with Crippen LogP contribution in [0.4, 0.5) is 0 Å². The molecule has 0 amide bonds. The highest BCUT2D eigenvalue weighted by molar-refractivity contribution is 6.40. The van der Waals surface area contributed by atoms with Gasteiger partial charge < -0.3 is 4.74 Å². The van der Waals surface area contributed by atoms with Gasteiger partial charge in [0.15, 0.2) is 5.75 Å². The normalized spacial score (nSPS) is 15.7. The van der Waals surface area contributed by atoms with Crippen molar-refractivity contribution in [1.29, 1.82) is 0 Å². The Hall–Kier alpha value is -0.440. The maximum absolute atomic E-state index is 11.6. The van der Waals surface area contributed by atoms with E-state index in [-0.39, 0.29) is 27.7 Å². The van der Waals surface area contributed by atoms with Crippen LogP contribution in [0.1, 0.15) is 19.3 Å². The molecule has 5 heteroatoms. The Morgan fingerprint density at radius 1 is 1.19 bits per heavy atom. The first kappa shape index (κ1) is 12.0. The molecule has 0 radical (unpaired) electrons. The smallest absolute Gasteiger partial charge is 0.314 e. The summed E-state index contributed by atoms with van der Waals surface area (Å²) in [6.07, 6.45) is 2.82. The van der Waals surface area contributed by atoms with Crippen LogP contribution in [0.15, 0.2) is 12.1 Å². The second-order valence-electron chi connectivity index (χ2n) is 3.75. The van der Waals surface area contributed by atoms with Gasteiger partial charge in [0.2, 0.25) is 0 Å². The molecule has 0 bridgehead atoms. The lowest BCUT2D eigenvalue weighted by Crippen LogP contribution is -2.26. The Balaban J connectivity index is 2.17. The van der Waals surface area contributed by atoms with Crippen LogP contribution in [0.3, 0.4) is 0 Å². The fourth-order valence-electron chi connectivity index (χ4n) is 1.45. The highest BCUT2D eigenvalue weighted by atomic mass is 35.5. The Kier molecular flexibility index (Phi) is 3.63. The third-order valence-corrected chi connectivity index (χ3v) is 3.38. The van der Waals surface area contributed by atoms with Gasteiger partial charge in [-0.2, -0.15) is 0 Å². The summed E-state index contributed by atoms with van der Waals surface area (Å²) in [5.74, 6) is -0.0789. The Morgan fingerprint density at radius 2 is 1.75 bits per heavy atom. The molecule has 0 aromatic heterocycles. The lowest BCUT2D eigenvalue weighted by molar-refractivity contribution is -0.141. The predicted octanol–water partition coefficient (Wildman–Crippen LogP) is 4.35. The molecular weight excluding hydrogens is 270 g/mol. The van der Waals surface area contributed by atoms with Gasteiger partial charge in [-0.15, -0.1) is 0 Å². The minimum Gasteiger partial charge on any atom is -0.423 e. The van der Waals surface area contributed by atoms with Crippen molar-refractivity contribution < 1.29 is 9.53 Å². The summed E-state index contributed by atoms with van der Waals surface area (Å²) >= 11 is 17.5. The highest BCUT2D eigenvalue weighted by Gasteiger charge is 2.28. The second kappa shape index (κ2) is 4.82. The van der Waals surface area contributed by atoms with Crippen molar-refractivity contribution in [1.82, 2.24) is 0 Å². The molecule has 2 nitrogen and oxygen atoms in total. The molecule has 1 aromatic rings. The highest BCUT2D eigenvalue weighted by Crippen LogP contribution is 2.37. The van der Waals surface area contributed by atoms with E-state index in [4.69, 9.17) is 39.5 Å². The summed E-state index contributed by atoms with van der Waals surface area (Å²) in [6.45, 7) is 0. The van der Waals surface area contributed by atoms with Crippen LogP contribution in [-0.2, 0) is 4.79 Å². The van der Waals surface area contributed by atoms with Crippen LogP contribution in [0.2, 0.25) is 15.1 Å². The van der Waals surface area contributed by atoms with Crippen molar-refractivity contribution in [2.45, 2.75) is 19.3 Å². The molecule has 1 aliphatic carbocycles. The molecule has 1 saturated carbocycles. The number of rotatable bonds is 2. The van der Waals surface area contributed by atoms with E-state index in [1.54, 1.807) is 0 Å². The Bertz CT molecular complexity index is 404. The monoisotopic (exact) mass is 278 g/mol. The van der Waals surface area contributed by atoms with Crippen LogP contribution in [-0.4, -0.2) is 5.97 Å². The maximum atomic E-state index is 11.6. The van der Waals surface area contributed by atoms with Crippen molar-refractivity contribution in [3.63, 3.8) is 0 Å². The lowest BCUT2D eigenvalue weighted by atomic mass is 9.86. The summed E-state index contributed by atoms with van der Waals surface area (Å²) in [5.41, 5.74) is 0. The topological polar surface area (TPSA) is 26.3 Å². The number of benzene rings is 1. The molecular formula is C11H9Cl3O2. The van der Waals surface area contributed by atoms with Crippen LogP contribution < -0.4 is 4.74 Å². The van der Waals surface area contributed by atoms with E-state index in [9.17, 15) is 4.79 Å². The van der Waals surface area contributed by atoms with Crippen molar-refractivity contribution >= 4 is 40.8 Å². The Labute approximate surface area is 108 Å². The molecule has 1 aliphatic rings. The maximum Gasteiger partial charge on any atom is 0.314 e. The van der Waals surface area contributed by atoms with Gasteiger partial charge in [0.25, 0.3) is 0 Å². The molecule has 1 aromatic carbocycles. The van der Waals surface area contributed by atoms with Crippen LogP contribution in [0, 0.1) is 5.92 Å². The van der Waals surface area contributed by atoms with Gasteiger partial charge in [-0.05, 0) is 25.0 Å². The number of hydrogen-bond acceptors (Lipinski definition) is 2. The molecule has 1 fully saturated rings. The molecule has 16 heavy (non-hydrogen) atoms. The molecule has 0 spiro atoms. The third-order valence-electron chi connectivity index (χ3n) is 2.60. The molecule has 86 valence electrons. The zero-order valence-corrected chi connectivity index (χ0v) is 10.6. The molecule has 0 heterocycles. The first-order valence-corrected chi connectivity index (χ1v) is 6.07. The molecule has 0 aliphatic heterocycles. The van der Waals surface area contributed by atoms with Crippen molar-refractivity contribution in [2.75, 3.05) is 0 Å². The Morgan fingerprint density at radius 3 is 2.19 bits per heavy atom. The zero-order chi connectivity index (χ0) is 11.7. The van der Waals surface area contributed by atoms with E-state index in [2.05, 4.69) is 0 Å². The van der Waals surface area contributed by atoms with E-state index in [0.717, 1.165) is 19.3 Å². The van der Waals surface area contributed by atoms with Gasteiger partial charge in [-0.3, -0.25) is 4.79 Å². The lowest BCUT2D eigenvalue weighted by Gasteiger charge is -2.23. The number of hydrogen-bond donors (Lipinski definition) is 0. The minimum atomic E-state index is -0.266. The number of esters is 1. The van der Waals surface area contributed by atoms with Gasteiger partial charge >= 0.3 is 5.97 Å². The van der Waals surface area contributed by atoms with E-state index >= 15 is 0 Å². The van der Waals surface area contributed by atoms with Crippen molar-refractivity contribution in [3.8, 4) is 5.75 Å².